The predicted octanol–water partition coefficient (Wildman–Crippen LogP) is 3.57. The number of benzene rings is 1. The Hall–Kier alpha value is -0.860. The number of carbonyl (C=O) groups excluding carboxylic acids is 1. The molecule has 0 spiro atoms. The lowest BCUT2D eigenvalue weighted by Gasteiger charge is -2.32. The van der Waals surface area contributed by atoms with E-state index in [0.717, 1.165) is 38.0 Å². The molecule has 0 N–H and O–H groups in total. The van der Waals surface area contributed by atoms with Crippen LogP contribution in [0.25, 0.3) is 0 Å². The quantitative estimate of drug-likeness (QED) is 0.824. The molecule has 3 rings (SSSR count). The van der Waals surface area contributed by atoms with Crippen LogP contribution in [0, 0.1) is 5.92 Å². The van der Waals surface area contributed by atoms with Gasteiger partial charge < -0.3 is 4.90 Å². The lowest BCUT2D eigenvalue weighted by Crippen LogP contribution is -2.38. The van der Waals surface area contributed by atoms with Crippen LogP contribution in [-0.2, 0) is 6.42 Å². The summed E-state index contributed by atoms with van der Waals surface area (Å²) >= 11 is 6.02. The summed E-state index contributed by atoms with van der Waals surface area (Å²) < 4.78 is 0. The van der Waals surface area contributed by atoms with Gasteiger partial charge in [-0.2, -0.15) is 0 Å². The molecule has 0 radical (unpaired) electrons. The topological polar surface area (TPSA) is 20.3 Å². The third kappa shape index (κ3) is 2.85. The summed E-state index contributed by atoms with van der Waals surface area (Å²) in [6, 6.07) is 5.74. The first kappa shape index (κ1) is 13.1. The van der Waals surface area contributed by atoms with Crippen molar-refractivity contribution in [2.45, 2.75) is 32.1 Å². The first-order chi connectivity index (χ1) is 9.24. The average Bonchev–Trinajstić information content (AvgIpc) is 2.44. The van der Waals surface area contributed by atoms with Crippen LogP contribution in [0.2, 0.25) is 5.02 Å². The molecule has 3 heteroatoms. The number of likely N-dealkylation sites (tertiary alicyclic amines) is 1. The van der Waals surface area contributed by atoms with Crippen LogP contribution in [0.5, 0.6) is 0 Å². The van der Waals surface area contributed by atoms with Crippen molar-refractivity contribution in [1.29, 1.82) is 0 Å². The van der Waals surface area contributed by atoms with E-state index in [-0.39, 0.29) is 5.92 Å². The molecule has 0 amide bonds. The minimum absolute atomic E-state index is 0.170. The molecule has 0 saturated carbocycles. The zero-order chi connectivity index (χ0) is 13.2. The van der Waals surface area contributed by atoms with Gasteiger partial charge in [0.05, 0.1) is 0 Å². The number of rotatable bonds is 2. The van der Waals surface area contributed by atoms with E-state index in [0.29, 0.717) is 10.8 Å². The zero-order valence-corrected chi connectivity index (χ0v) is 12.0. The van der Waals surface area contributed by atoms with Crippen molar-refractivity contribution in [3.8, 4) is 0 Å². The van der Waals surface area contributed by atoms with Crippen LogP contribution in [-0.4, -0.2) is 30.3 Å². The molecule has 1 aliphatic heterocycles. The molecule has 1 aromatic rings. The van der Waals surface area contributed by atoms with Gasteiger partial charge in [-0.3, -0.25) is 4.79 Å². The maximum atomic E-state index is 12.6. The van der Waals surface area contributed by atoms with Crippen molar-refractivity contribution in [3.05, 3.63) is 34.3 Å². The normalized spacial score (nSPS) is 24.3. The Balaban J connectivity index is 1.73. The third-order valence-electron chi connectivity index (χ3n) is 4.40. The fraction of sp³-hybridized carbons (Fsp3) is 0.562. The zero-order valence-electron chi connectivity index (χ0n) is 11.2. The monoisotopic (exact) mass is 277 g/mol. The van der Waals surface area contributed by atoms with Crippen LogP contribution in [0.15, 0.2) is 18.2 Å². The molecule has 0 aromatic heterocycles. The number of hydrogen-bond acceptors (Lipinski definition) is 2. The third-order valence-corrected chi connectivity index (χ3v) is 4.63. The van der Waals surface area contributed by atoms with Gasteiger partial charge in [0.2, 0.25) is 0 Å². The second-order valence-corrected chi connectivity index (χ2v) is 6.20. The van der Waals surface area contributed by atoms with Crippen LogP contribution >= 0.6 is 11.6 Å². The van der Waals surface area contributed by atoms with Gasteiger partial charge in [0.1, 0.15) is 0 Å². The Morgan fingerprint density at radius 1 is 1.21 bits per heavy atom. The number of carbonyl (C=O) groups is 1. The van der Waals surface area contributed by atoms with E-state index in [1.807, 2.05) is 18.2 Å². The van der Waals surface area contributed by atoms with E-state index in [1.165, 1.54) is 24.8 Å². The maximum absolute atomic E-state index is 12.6. The molecular formula is C16H20ClNO. The van der Waals surface area contributed by atoms with Crippen molar-refractivity contribution in [2.24, 2.45) is 5.92 Å². The Morgan fingerprint density at radius 3 is 2.79 bits per heavy atom. The summed E-state index contributed by atoms with van der Waals surface area (Å²) in [5.74, 6) is 0.471. The minimum Gasteiger partial charge on any atom is -0.303 e. The summed E-state index contributed by atoms with van der Waals surface area (Å²) in [6.07, 6.45) is 5.90. The molecule has 1 fully saturated rings. The predicted molar refractivity (Wildman–Crippen MR) is 77.9 cm³/mol. The number of fused-ring (bicyclic) bond motifs is 1. The van der Waals surface area contributed by atoms with E-state index >= 15 is 0 Å². The Morgan fingerprint density at radius 2 is 2.00 bits per heavy atom. The van der Waals surface area contributed by atoms with Crippen molar-refractivity contribution >= 4 is 17.4 Å². The smallest absolute Gasteiger partial charge is 0.167 e. The van der Waals surface area contributed by atoms with Crippen LogP contribution < -0.4 is 0 Å². The van der Waals surface area contributed by atoms with E-state index in [4.69, 9.17) is 11.6 Å². The number of hydrogen-bond donors (Lipinski definition) is 0. The first-order valence-corrected chi connectivity index (χ1v) is 7.67. The highest BCUT2D eigenvalue weighted by Crippen LogP contribution is 2.29. The number of nitrogens with zero attached hydrogens (tertiary/aromatic N) is 1. The lowest BCUT2D eigenvalue weighted by atomic mass is 9.82. The van der Waals surface area contributed by atoms with Crippen molar-refractivity contribution in [1.82, 2.24) is 4.90 Å². The molecule has 1 aromatic carbocycles. The van der Waals surface area contributed by atoms with Crippen molar-refractivity contribution in [2.75, 3.05) is 19.6 Å². The first-order valence-electron chi connectivity index (χ1n) is 7.29. The number of halogens is 1. The number of piperidine rings is 1. The highest BCUT2D eigenvalue weighted by molar-refractivity contribution is 6.31. The molecule has 1 unspecified atom stereocenters. The Labute approximate surface area is 119 Å². The van der Waals surface area contributed by atoms with E-state index in [2.05, 4.69) is 4.90 Å². The fourth-order valence-electron chi connectivity index (χ4n) is 3.30. The highest BCUT2D eigenvalue weighted by atomic mass is 35.5. The summed E-state index contributed by atoms with van der Waals surface area (Å²) in [7, 11) is 0. The molecule has 1 saturated heterocycles. The molecule has 102 valence electrons. The van der Waals surface area contributed by atoms with Gasteiger partial charge >= 0.3 is 0 Å². The summed E-state index contributed by atoms with van der Waals surface area (Å²) in [6.45, 7) is 3.25. The Kier molecular flexibility index (Phi) is 3.90. The van der Waals surface area contributed by atoms with Gasteiger partial charge in [0, 0.05) is 23.0 Å². The number of Topliss-reactive ketones (excluding diaryl/α,β-unsaturated/α-hetero) is 1. The number of ketones is 1. The van der Waals surface area contributed by atoms with Gasteiger partial charge in [-0.25, -0.2) is 0 Å². The van der Waals surface area contributed by atoms with Gasteiger partial charge in [-0.15, -0.1) is 0 Å². The molecular weight excluding hydrogens is 258 g/mol. The lowest BCUT2D eigenvalue weighted by molar-refractivity contribution is 0.0845. The fourth-order valence-corrected chi connectivity index (χ4v) is 3.48. The largest absolute Gasteiger partial charge is 0.303 e. The van der Waals surface area contributed by atoms with Gasteiger partial charge in [0.25, 0.3) is 0 Å². The summed E-state index contributed by atoms with van der Waals surface area (Å²) in [5.41, 5.74) is 2.03. The van der Waals surface area contributed by atoms with E-state index in [1.54, 1.807) is 0 Å². The Bertz CT molecular complexity index is 480. The molecule has 2 aliphatic rings. The van der Waals surface area contributed by atoms with Gasteiger partial charge in [0.15, 0.2) is 5.78 Å². The summed E-state index contributed by atoms with van der Waals surface area (Å²) in [5, 5.41) is 0.672. The molecule has 1 heterocycles. The molecule has 0 bridgehead atoms. The second-order valence-electron chi connectivity index (χ2n) is 5.76. The highest BCUT2D eigenvalue weighted by Gasteiger charge is 2.29. The maximum Gasteiger partial charge on any atom is 0.167 e. The average molecular weight is 278 g/mol. The van der Waals surface area contributed by atoms with Crippen molar-refractivity contribution in [3.63, 3.8) is 0 Å². The summed E-state index contributed by atoms with van der Waals surface area (Å²) in [4.78, 5) is 15.0. The minimum atomic E-state index is 0.170. The molecule has 1 atom stereocenters. The molecule has 2 nitrogen and oxygen atoms in total. The van der Waals surface area contributed by atoms with E-state index in [9.17, 15) is 4.79 Å². The molecule has 19 heavy (non-hydrogen) atoms. The SMILES string of the molecule is O=C1c2cc(Cl)ccc2CCC1CN1CCCCC1. The van der Waals surface area contributed by atoms with Gasteiger partial charge in [-0.1, -0.05) is 24.1 Å². The second kappa shape index (κ2) is 5.64. The molecule has 1 aliphatic carbocycles. The van der Waals surface area contributed by atoms with E-state index < -0.39 is 0 Å². The van der Waals surface area contributed by atoms with Crippen molar-refractivity contribution < 1.29 is 4.79 Å². The standard InChI is InChI=1S/C16H20ClNO/c17-14-7-6-12-4-5-13(16(19)15(12)10-14)11-18-8-2-1-3-9-18/h6-7,10,13H,1-5,8-9,11H2. The van der Waals surface area contributed by atoms with Crippen LogP contribution in [0.1, 0.15) is 41.6 Å². The van der Waals surface area contributed by atoms with Gasteiger partial charge in [-0.05, 0) is 56.5 Å². The van der Waals surface area contributed by atoms with Crippen LogP contribution in [0.4, 0.5) is 0 Å². The number of aryl methyl sites for hydroxylation is 1. The van der Waals surface area contributed by atoms with Crippen LogP contribution in [0.3, 0.4) is 0 Å².